The van der Waals surface area contributed by atoms with E-state index in [0.717, 1.165) is 18.4 Å². The van der Waals surface area contributed by atoms with Crippen molar-refractivity contribution in [1.82, 2.24) is 10.2 Å². The van der Waals surface area contributed by atoms with Gasteiger partial charge in [0.15, 0.2) is 0 Å². The van der Waals surface area contributed by atoms with Crippen LogP contribution in [0.4, 0.5) is 0 Å². The van der Waals surface area contributed by atoms with Crippen molar-refractivity contribution in [3.63, 3.8) is 0 Å². The molecule has 1 aromatic rings. The minimum Gasteiger partial charge on any atom is -0.395 e. The Hall–Kier alpha value is -1.35. The zero-order chi connectivity index (χ0) is 15.3. The number of likely N-dealkylation sites (N-methyl/N-ethyl adjacent to an activating group) is 1. The molecule has 5 heteroatoms. The van der Waals surface area contributed by atoms with E-state index in [4.69, 9.17) is 5.11 Å². The van der Waals surface area contributed by atoms with Gasteiger partial charge in [-0.3, -0.25) is 4.79 Å². The molecule has 21 heavy (non-hydrogen) atoms. The van der Waals surface area contributed by atoms with Crippen LogP contribution in [0.1, 0.15) is 40.9 Å². The molecule has 2 rings (SSSR count). The summed E-state index contributed by atoms with van der Waals surface area (Å²) in [5.41, 5.74) is 0.869. The van der Waals surface area contributed by atoms with Gasteiger partial charge in [-0.2, -0.15) is 0 Å². The standard InChI is InChI=1S/C16H22N2O2S/c1-18(2)16(8-5-9-16)12-17-15(20)14-13(7-11-21-14)6-3-4-10-19/h7,11,19H,4-5,8-10,12H2,1-2H3,(H,17,20). The van der Waals surface area contributed by atoms with Gasteiger partial charge in [-0.05, 0) is 44.8 Å². The van der Waals surface area contributed by atoms with E-state index < -0.39 is 0 Å². The Morgan fingerprint density at radius 3 is 2.86 bits per heavy atom. The van der Waals surface area contributed by atoms with Gasteiger partial charge in [0.25, 0.3) is 5.91 Å². The predicted molar refractivity (Wildman–Crippen MR) is 85.5 cm³/mol. The maximum Gasteiger partial charge on any atom is 0.262 e. The van der Waals surface area contributed by atoms with Crippen LogP contribution in [0.2, 0.25) is 0 Å². The van der Waals surface area contributed by atoms with Crippen LogP contribution in [0.25, 0.3) is 0 Å². The Morgan fingerprint density at radius 1 is 1.52 bits per heavy atom. The first-order chi connectivity index (χ1) is 10.1. The monoisotopic (exact) mass is 306 g/mol. The zero-order valence-corrected chi connectivity index (χ0v) is 13.4. The van der Waals surface area contributed by atoms with Crippen molar-refractivity contribution >= 4 is 17.2 Å². The summed E-state index contributed by atoms with van der Waals surface area (Å²) in [6, 6.07) is 1.86. The Labute approximate surface area is 130 Å². The molecule has 1 heterocycles. The molecule has 1 fully saturated rings. The molecule has 0 bridgehead atoms. The maximum absolute atomic E-state index is 12.3. The fraction of sp³-hybridized carbons (Fsp3) is 0.562. The van der Waals surface area contributed by atoms with Crippen LogP contribution in [0, 0.1) is 11.8 Å². The molecule has 114 valence electrons. The number of carbonyl (C=O) groups excluding carboxylic acids is 1. The first kappa shape index (κ1) is 16.0. The summed E-state index contributed by atoms with van der Waals surface area (Å²) < 4.78 is 0. The van der Waals surface area contributed by atoms with Crippen molar-refractivity contribution in [3.8, 4) is 11.8 Å². The Balaban J connectivity index is 1.98. The summed E-state index contributed by atoms with van der Waals surface area (Å²) in [4.78, 5) is 15.2. The highest BCUT2D eigenvalue weighted by atomic mass is 32.1. The van der Waals surface area contributed by atoms with Crippen LogP contribution in [0.15, 0.2) is 11.4 Å². The number of carbonyl (C=O) groups is 1. The van der Waals surface area contributed by atoms with Crippen molar-refractivity contribution in [2.45, 2.75) is 31.2 Å². The second kappa shape index (κ2) is 7.08. The first-order valence-corrected chi connectivity index (χ1v) is 8.10. The minimum absolute atomic E-state index is 0.0457. The number of nitrogens with zero attached hydrogens (tertiary/aromatic N) is 1. The zero-order valence-electron chi connectivity index (χ0n) is 12.6. The topological polar surface area (TPSA) is 52.6 Å². The summed E-state index contributed by atoms with van der Waals surface area (Å²) >= 11 is 1.41. The lowest BCUT2D eigenvalue weighted by Crippen LogP contribution is -2.57. The van der Waals surface area contributed by atoms with Gasteiger partial charge in [-0.25, -0.2) is 0 Å². The molecule has 0 aliphatic heterocycles. The molecular weight excluding hydrogens is 284 g/mol. The molecule has 4 nitrogen and oxygen atoms in total. The van der Waals surface area contributed by atoms with Crippen molar-refractivity contribution in [2.24, 2.45) is 0 Å². The van der Waals surface area contributed by atoms with Crippen LogP contribution in [-0.2, 0) is 0 Å². The van der Waals surface area contributed by atoms with E-state index in [-0.39, 0.29) is 18.1 Å². The van der Waals surface area contributed by atoms with E-state index in [2.05, 4.69) is 36.2 Å². The van der Waals surface area contributed by atoms with Gasteiger partial charge in [-0.15, -0.1) is 11.3 Å². The summed E-state index contributed by atoms with van der Waals surface area (Å²) in [6.07, 6.45) is 3.92. The molecular formula is C16H22N2O2S. The normalized spacial score (nSPS) is 16.0. The van der Waals surface area contributed by atoms with E-state index in [0.29, 0.717) is 17.8 Å². The lowest BCUT2D eigenvalue weighted by atomic mass is 9.75. The number of thiophene rings is 1. The van der Waals surface area contributed by atoms with Gasteiger partial charge in [0.2, 0.25) is 0 Å². The van der Waals surface area contributed by atoms with Crippen molar-refractivity contribution in [3.05, 3.63) is 21.9 Å². The molecule has 0 atom stereocenters. The first-order valence-electron chi connectivity index (χ1n) is 7.22. The predicted octanol–water partition coefficient (Wildman–Crippen LogP) is 1.70. The average molecular weight is 306 g/mol. The lowest BCUT2D eigenvalue weighted by molar-refractivity contribution is 0.0559. The molecule has 1 aliphatic rings. The molecule has 1 aliphatic carbocycles. The van der Waals surface area contributed by atoms with Crippen molar-refractivity contribution in [1.29, 1.82) is 0 Å². The largest absolute Gasteiger partial charge is 0.395 e. The Morgan fingerprint density at radius 2 is 2.29 bits per heavy atom. The number of aliphatic hydroxyl groups is 1. The number of hydrogen-bond acceptors (Lipinski definition) is 4. The van der Waals surface area contributed by atoms with Crippen molar-refractivity contribution in [2.75, 3.05) is 27.2 Å². The quantitative estimate of drug-likeness (QED) is 0.814. The van der Waals surface area contributed by atoms with E-state index in [1.54, 1.807) is 0 Å². The van der Waals surface area contributed by atoms with Crippen LogP contribution in [0.5, 0.6) is 0 Å². The smallest absolute Gasteiger partial charge is 0.262 e. The molecule has 0 spiro atoms. The highest BCUT2D eigenvalue weighted by molar-refractivity contribution is 7.12. The third kappa shape index (κ3) is 3.65. The highest BCUT2D eigenvalue weighted by Crippen LogP contribution is 2.35. The SMILES string of the molecule is CN(C)C1(CNC(=O)c2sccc2C#CCCO)CCC1. The van der Waals surface area contributed by atoms with Crippen LogP contribution >= 0.6 is 11.3 Å². The van der Waals surface area contributed by atoms with Crippen LogP contribution < -0.4 is 5.32 Å². The third-order valence-corrected chi connectivity index (χ3v) is 5.06. The molecule has 0 unspecified atom stereocenters. The van der Waals surface area contributed by atoms with Gasteiger partial charge < -0.3 is 15.3 Å². The van der Waals surface area contributed by atoms with Gasteiger partial charge in [0.05, 0.1) is 6.61 Å². The highest BCUT2D eigenvalue weighted by Gasteiger charge is 2.39. The fourth-order valence-electron chi connectivity index (χ4n) is 2.49. The maximum atomic E-state index is 12.3. The van der Waals surface area contributed by atoms with E-state index >= 15 is 0 Å². The van der Waals surface area contributed by atoms with Gasteiger partial charge in [0, 0.05) is 24.1 Å². The Kier molecular flexibility index (Phi) is 5.40. The van der Waals surface area contributed by atoms with E-state index in [9.17, 15) is 4.79 Å². The summed E-state index contributed by atoms with van der Waals surface area (Å²) in [6.45, 7) is 0.726. The summed E-state index contributed by atoms with van der Waals surface area (Å²) in [7, 11) is 4.14. The molecule has 1 aromatic heterocycles. The number of rotatable bonds is 5. The molecule has 0 saturated heterocycles. The van der Waals surface area contributed by atoms with E-state index in [1.165, 1.54) is 17.8 Å². The van der Waals surface area contributed by atoms with Gasteiger partial charge in [0.1, 0.15) is 4.88 Å². The second-order valence-electron chi connectivity index (χ2n) is 5.59. The van der Waals surface area contributed by atoms with Crippen LogP contribution in [0.3, 0.4) is 0 Å². The van der Waals surface area contributed by atoms with Crippen LogP contribution in [-0.4, -0.2) is 48.7 Å². The number of aliphatic hydroxyl groups excluding tert-OH is 1. The third-order valence-electron chi connectivity index (χ3n) is 4.14. The molecule has 0 aromatic carbocycles. The number of nitrogens with one attached hydrogen (secondary N) is 1. The van der Waals surface area contributed by atoms with Gasteiger partial charge in [-0.1, -0.05) is 11.8 Å². The molecule has 1 saturated carbocycles. The van der Waals surface area contributed by atoms with Gasteiger partial charge >= 0.3 is 0 Å². The average Bonchev–Trinajstić information content (AvgIpc) is 2.85. The molecule has 0 radical (unpaired) electrons. The number of amides is 1. The van der Waals surface area contributed by atoms with E-state index in [1.807, 2.05) is 11.4 Å². The fourth-order valence-corrected chi connectivity index (χ4v) is 3.25. The molecule has 1 amide bonds. The summed E-state index contributed by atoms with van der Waals surface area (Å²) in [5.74, 6) is 5.77. The number of hydrogen-bond donors (Lipinski definition) is 2. The summed E-state index contributed by atoms with van der Waals surface area (Å²) in [5, 5.41) is 13.7. The molecule has 2 N–H and O–H groups in total. The van der Waals surface area contributed by atoms with Crippen molar-refractivity contribution < 1.29 is 9.90 Å². The minimum atomic E-state index is -0.0496. The Bertz CT molecular complexity index is 550. The lowest BCUT2D eigenvalue weighted by Gasteiger charge is -2.47. The second-order valence-corrected chi connectivity index (χ2v) is 6.51.